The molecule has 1 aromatic rings. The Morgan fingerprint density at radius 2 is 2.00 bits per heavy atom. The first-order chi connectivity index (χ1) is 9.28. The Balaban J connectivity index is 2.32. The second kappa shape index (κ2) is 7.03. The highest BCUT2D eigenvalue weighted by molar-refractivity contribution is 5.67. The molecule has 1 amide bonds. The number of alkyl carbamates (subject to hydrolysis) is 1. The number of halogens is 2. The van der Waals surface area contributed by atoms with Gasteiger partial charge in [-0.05, 0) is 44.9 Å². The number of rotatable bonds is 4. The highest BCUT2D eigenvalue weighted by Crippen LogP contribution is 2.10. The van der Waals surface area contributed by atoms with Gasteiger partial charge in [-0.3, -0.25) is 0 Å². The molecule has 0 unspecified atom stereocenters. The van der Waals surface area contributed by atoms with Gasteiger partial charge in [-0.1, -0.05) is 18.2 Å². The van der Waals surface area contributed by atoms with Crippen molar-refractivity contribution in [3.8, 4) is 0 Å². The van der Waals surface area contributed by atoms with E-state index in [0.29, 0.717) is 18.5 Å². The maximum Gasteiger partial charge on any atom is 0.407 e. The van der Waals surface area contributed by atoms with Crippen molar-refractivity contribution < 1.29 is 18.3 Å². The zero-order valence-electron chi connectivity index (χ0n) is 11.9. The third-order valence-electron chi connectivity index (χ3n) is 2.23. The van der Waals surface area contributed by atoms with Gasteiger partial charge in [0.1, 0.15) is 5.60 Å². The largest absolute Gasteiger partial charge is 0.444 e. The van der Waals surface area contributed by atoms with Gasteiger partial charge in [-0.15, -0.1) is 0 Å². The Morgan fingerprint density at radius 3 is 2.60 bits per heavy atom. The van der Waals surface area contributed by atoms with Crippen molar-refractivity contribution in [2.75, 3.05) is 6.54 Å². The highest BCUT2D eigenvalue weighted by atomic mass is 19.2. The second-order valence-electron chi connectivity index (χ2n) is 5.29. The molecule has 0 heterocycles. The van der Waals surface area contributed by atoms with Crippen LogP contribution in [-0.4, -0.2) is 18.2 Å². The molecule has 110 valence electrons. The van der Waals surface area contributed by atoms with Crippen LogP contribution in [0.5, 0.6) is 0 Å². The van der Waals surface area contributed by atoms with Gasteiger partial charge in [-0.2, -0.15) is 0 Å². The highest BCUT2D eigenvalue weighted by Gasteiger charge is 2.15. The number of hydrogen-bond acceptors (Lipinski definition) is 2. The molecule has 0 spiro atoms. The number of amides is 1. The lowest BCUT2D eigenvalue weighted by Gasteiger charge is -2.19. The number of carbonyl (C=O) groups excluding carboxylic acids is 1. The van der Waals surface area contributed by atoms with Crippen molar-refractivity contribution in [3.63, 3.8) is 0 Å². The van der Waals surface area contributed by atoms with Crippen LogP contribution in [0.4, 0.5) is 13.6 Å². The topological polar surface area (TPSA) is 38.3 Å². The maximum absolute atomic E-state index is 12.9. The van der Waals surface area contributed by atoms with Crippen molar-refractivity contribution in [2.45, 2.75) is 32.8 Å². The molecule has 0 aromatic heterocycles. The summed E-state index contributed by atoms with van der Waals surface area (Å²) in [5, 5.41) is 2.60. The van der Waals surface area contributed by atoms with Crippen LogP contribution in [-0.2, 0) is 4.74 Å². The molecule has 0 bridgehead atoms. The SMILES string of the molecule is CC(C)(C)OC(=O)NCCC=Cc1ccc(F)c(F)c1. The van der Waals surface area contributed by atoms with Crippen molar-refractivity contribution >= 4 is 12.2 Å². The molecule has 5 heteroatoms. The molecule has 20 heavy (non-hydrogen) atoms. The molecule has 1 aromatic carbocycles. The van der Waals surface area contributed by atoms with Gasteiger partial charge >= 0.3 is 6.09 Å². The first-order valence-corrected chi connectivity index (χ1v) is 6.36. The quantitative estimate of drug-likeness (QED) is 0.851. The van der Waals surface area contributed by atoms with E-state index in [1.54, 1.807) is 32.9 Å². The van der Waals surface area contributed by atoms with Crippen LogP contribution in [0.1, 0.15) is 32.8 Å². The fourth-order valence-electron chi connectivity index (χ4n) is 1.41. The van der Waals surface area contributed by atoms with Gasteiger partial charge in [0.05, 0.1) is 0 Å². The Bertz CT molecular complexity index is 493. The van der Waals surface area contributed by atoms with Crippen molar-refractivity contribution in [1.82, 2.24) is 5.32 Å². The van der Waals surface area contributed by atoms with Gasteiger partial charge in [-0.25, -0.2) is 13.6 Å². The van der Waals surface area contributed by atoms with E-state index in [2.05, 4.69) is 5.32 Å². The number of carbonyl (C=O) groups is 1. The lowest BCUT2D eigenvalue weighted by atomic mass is 10.2. The summed E-state index contributed by atoms with van der Waals surface area (Å²) in [5.74, 6) is -1.74. The fourth-order valence-corrected chi connectivity index (χ4v) is 1.41. The lowest BCUT2D eigenvalue weighted by molar-refractivity contribution is 0.0529. The van der Waals surface area contributed by atoms with Crippen LogP contribution in [0, 0.1) is 11.6 Å². The molecule has 0 aliphatic rings. The summed E-state index contributed by atoms with van der Waals surface area (Å²) in [6, 6.07) is 3.68. The fraction of sp³-hybridized carbons (Fsp3) is 0.400. The molecule has 0 aliphatic heterocycles. The smallest absolute Gasteiger partial charge is 0.407 e. The summed E-state index contributed by atoms with van der Waals surface area (Å²) >= 11 is 0. The van der Waals surface area contributed by atoms with Crippen LogP contribution in [0.2, 0.25) is 0 Å². The molecule has 0 saturated carbocycles. The van der Waals surface area contributed by atoms with E-state index >= 15 is 0 Å². The van der Waals surface area contributed by atoms with E-state index in [4.69, 9.17) is 4.74 Å². The maximum atomic E-state index is 12.9. The van der Waals surface area contributed by atoms with Gasteiger partial charge in [0.15, 0.2) is 11.6 Å². The summed E-state index contributed by atoms with van der Waals surface area (Å²) in [4.78, 5) is 11.3. The lowest BCUT2D eigenvalue weighted by Crippen LogP contribution is -2.32. The average Bonchev–Trinajstić information content (AvgIpc) is 2.31. The molecular formula is C15H19F2NO2. The van der Waals surface area contributed by atoms with Gasteiger partial charge in [0, 0.05) is 6.54 Å². The zero-order chi connectivity index (χ0) is 15.2. The first-order valence-electron chi connectivity index (χ1n) is 6.36. The van der Waals surface area contributed by atoms with E-state index in [9.17, 15) is 13.6 Å². The molecule has 1 rings (SSSR count). The molecule has 0 fully saturated rings. The predicted molar refractivity (Wildman–Crippen MR) is 74.2 cm³/mol. The molecule has 0 aliphatic carbocycles. The molecule has 1 N–H and O–H groups in total. The number of hydrogen-bond donors (Lipinski definition) is 1. The monoisotopic (exact) mass is 283 g/mol. The predicted octanol–water partition coefficient (Wildman–Crippen LogP) is 3.89. The minimum absolute atomic E-state index is 0.412. The van der Waals surface area contributed by atoms with E-state index in [1.165, 1.54) is 6.07 Å². The normalized spacial score (nSPS) is 11.7. The molecular weight excluding hydrogens is 264 g/mol. The zero-order valence-corrected chi connectivity index (χ0v) is 11.9. The summed E-state index contributed by atoms with van der Waals surface area (Å²) in [6.07, 6.45) is 3.53. The van der Waals surface area contributed by atoms with Gasteiger partial charge in [0.25, 0.3) is 0 Å². The van der Waals surface area contributed by atoms with Gasteiger partial charge < -0.3 is 10.1 Å². The van der Waals surface area contributed by atoms with Crippen molar-refractivity contribution in [3.05, 3.63) is 41.5 Å². The molecule has 0 radical (unpaired) electrons. The van der Waals surface area contributed by atoms with Gasteiger partial charge in [0.2, 0.25) is 0 Å². The van der Waals surface area contributed by atoms with Crippen LogP contribution >= 0.6 is 0 Å². The first kappa shape index (κ1) is 16.1. The summed E-state index contributed by atoms with van der Waals surface area (Å²) in [5.41, 5.74) is 0.0483. The van der Waals surface area contributed by atoms with Crippen LogP contribution in [0.15, 0.2) is 24.3 Å². The van der Waals surface area contributed by atoms with Crippen LogP contribution in [0.3, 0.4) is 0 Å². The third-order valence-corrected chi connectivity index (χ3v) is 2.23. The molecule has 0 saturated heterocycles. The van der Waals surface area contributed by atoms with Crippen molar-refractivity contribution in [2.24, 2.45) is 0 Å². The van der Waals surface area contributed by atoms with E-state index in [0.717, 1.165) is 12.1 Å². The summed E-state index contributed by atoms with van der Waals surface area (Å²) in [6.45, 7) is 5.77. The number of benzene rings is 1. The Labute approximate surface area is 117 Å². The minimum Gasteiger partial charge on any atom is -0.444 e. The summed E-state index contributed by atoms with van der Waals surface area (Å²) in [7, 11) is 0. The Morgan fingerprint density at radius 1 is 1.30 bits per heavy atom. The Kier molecular flexibility index (Phi) is 5.67. The average molecular weight is 283 g/mol. The van der Waals surface area contributed by atoms with Crippen molar-refractivity contribution in [1.29, 1.82) is 0 Å². The third kappa shape index (κ3) is 6.31. The van der Waals surface area contributed by atoms with Crippen LogP contribution in [0.25, 0.3) is 6.08 Å². The van der Waals surface area contributed by atoms with E-state index in [1.807, 2.05) is 0 Å². The molecule has 3 nitrogen and oxygen atoms in total. The second-order valence-corrected chi connectivity index (χ2v) is 5.29. The Hall–Kier alpha value is -1.91. The molecule has 0 atom stereocenters. The van der Waals surface area contributed by atoms with E-state index in [-0.39, 0.29) is 0 Å². The standard InChI is InChI=1S/C15H19F2NO2/c1-15(2,3)20-14(19)18-9-5-4-6-11-7-8-12(16)13(17)10-11/h4,6-8,10H,5,9H2,1-3H3,(H,18,19). The number of nitrogens with one attached hydrogen (secondary N) is 1. The summed E-state index contributed by atoms with van der Waals surface area (Å²) < 4.78 is 30.7. The van der Waals surface area contributed by atoms with Crippen LogP contribution < -0.4 is 5.32 Å². The minimum atomic E-state index is -0.876. The van der Waals surface area contributed by atoms with E-state index < -0.39 is 23.3 Å². The number of ether oxygens (including phenoxy) is 1.